The molecule has 0 spiro atoms. The predicted molar refractivity (Wildman–Crippen MR) is 105 cm³/mol. The third kappa shape index (κ3) is 6.65. The van der Waals surface area contributed by atoms with Gasteiger partial charge in [-0.25, -0.2) is 4.98 Å². The molecule has 1 aromatic carbocycles. The number of carbonyl (C=O) groups excluding carboxylic acids is 1. The van der Waals surface area contributed by atoms with Crippen LogP contribution in [0.25, 0.3) is 0 Å². The number of carbonyl (C=O) groups is 1. The highest BCUT2D eigenvalue weighted by Gasteiger charge is 2.13. The molecule has 0 fully saturated rings. The molecule has 0 saturated carbocycles. The number of amides is 1. The van der Waals surface area contributed by atoms with Gasteiger partial charge in [-0.1, -0.05) is 32.9 Å². The molecule has 138 valence electrons. The summed E-state index contributed by atoms with van der Waals surface area (Å²) in [6, 6.07) is 8.06. The SMILES string of the molecule is CC(C)(C)c1ccc(OCCNC(=O)c2csc(CCN)n2)cc1.Cl. The maximum absolute atomic E-state index is 12.0. The van der Waals surface area contributed by atoms with Crippen LogP contribution in [0.3, 0.4) is 0 Å². The molecule has 1 aromatic heterocycles. The van der Waals surface area contributed by atoms with Crippen LogP contribution >= 0.6 is 23.7 Å². The van der Waals surface area contributed by atoms with Crippen LogP contribution in [0.15, 0.2) is 29.6 Å². The van der Waals surface area contributed by atoms with Gasteiger partial charge < -0.3 is 15.8 Å². The van der Waals surface area contributed by atoms with Crippen molar-refractivity contribution in [3.8, 4) is 5.75 Å². The fourth-order valence-electron chi connectivity index (χ4n) is 2.13. The molecule has 1 heterocycles. The standard InChI is InChI=1S/C18H25N3O2S.ClH/c1-18(2,3)13-4-6-14(7-5-13)23-11-10-20-17(22)15-12-24-16(21-15)8-9-19;/h4-7,12H,8-11,19H2,1-3H3,(H,20,22);1H. The van der Waals surface area contributed by atoms with Gasteiger partial charge in [0.05, 0.1) is 11.6 Å². The van der Waals surface area contributed by atoms with E-state index in [0.717, 1.165) is 10.8 Å². The molecule has 5 nitrogen and oxygen atoms in total. The Morgan fingerprint density at radius 3 is 2.56 bits per heavy atom. The Hall–Kier alpha value is -1.63. The van der Waals surface area contributed by atoms with E-state index in [2.05, 4.69) is 43.2 Å². The molecule has 7 heteroatoms. The third-order valence-corrected chi connectivity index (χ3v) is 4.43. The number of thiazole rings is 1. The first kappa shape index (κ1) is 21.4. The lowest BCUT2D eigenvalue weighted by atomic mass is 9.87. The van der Waals surface area contributed by atoms with Gasteiger partial charge in [0.25, 0.3) is 5.91 Å². The number of nitrogens with two attached hydrogens (primary N) is 1. The molecule has 25 heavy (non-hydrogen) atoms. The molecule has 0 aliphatic carbocycles. The van der Waals surface area contributed by atoms with Crippen molar-refractivity contribution in [2.24, 2.45) is 5.73 Å². The number of ether oxygens (including phenoxy) is 1. The van der Waals surface area contributed by atoms with E-state index in [9.17, 15) is 4.79 Å². The van der Waals surface area contributed by atoms with Gasteiger partial charge in [-0.2, -0.15) is 0 Å². The van der Waals surface area contributed by atoms with Crippen molar-refractivity contribution in [2.75, 3.05) is 19.7 Å². The summed E-state index contributed by atoms with van der Waals surface area (Å²) < 4.78 is 5.65. The highest BCUT2D eigenvalue weighted by Crippen LogP contribution is 2.24. The summed E-state index contributed by atoms with van der Waals surface area (Å²) in [6.45, 7) is 7.92. The molecule has 0 saturated heterocycles. The van der Waals surface area contributed by atoms with E-state index in [4.69, 9.17) is 10.5 Å². The number of nitrogens with one attached hydrogen (secondary N) is 1. The summed E-state index contributed by atoms with van der Waals surface area (Å²) in [4.78, 5) is 16.2. The molecular weight excluding hydrogens is 358 g/mol. The Bertz CT molecular complexity index is 666. The molecule has 0 aliphatic rings. The van der Waals surface area contributed by atoms with Gasteiger partial charge in [-0.05, 0) is 29.7 Å². The maximum atomic E-state index is 12.0. The average molecular weight is 384 g/mol. The zero-order valence-corrected chi connectivity index (χ0v) is 16.5. The van der Waals surface area contributed by atoms with Crippen LogP contribution in [0, 0.1) is 0 Å². The Morgan fingerprint density at radius 2 is 1.96 bits per heavy atom. The van der Waals surface area contributed by atoms with Gasteiger partial charge in [0.1, 0.15) is 18.1 Å². The van der Waals surface area contributed by atoms with E-state index in [0.29, 0.717) is 31.8 Å². The molecule has 0 aliphatic heterocycles. The van der Waals surface area contributed by atoms with Crippen molar-refractivity contribution in [1.82, 2.24) is 10.3 Å². The molecule has 2 aromatic rings. The van der Waals surface area contributed by atoms with Crippen molar-refractivity contribution in [1.29, 1.82) is 0 Å². The Balaban J connectivity index is 0.00000312. The zero-order valence-electron chi connectivity index (χ0n) is 14.9. The number of rotatable bonds is 7. The van der Waals surface area contributed by atoms with Crippen LogP contribution < -0.4 is 15.8 Å². The van der Waals surface area contributed by atoms with Gasteiger partial charge >= 0.3 is 0 Å². The second-order valence-electron chi connectivity index (χ2n) is 6.54. The molecular formula is C18H26ClN3O2S. The maximum Gasteiger partial charge on any atom is 0.270 e. The van der Waals surface area contributed by atoms with Gasteiger partial charge in [0.15, 0.2) is 0 Å². The van der Waals surface area contributed by atoms with Gasteiger partial charge in [0.2, 0.25) is 0 Å². The highest BCUT2D eigenvalue weighted by atomic mass is 35.5. The number of hydrogen-bond donors (Lipinski definition) is 2. The molecule has 0 atom stereocenters. The Morgan fingerprint density at radius 1 is 1.28 bits per heavy atom. The van der Waals surface area contributed by atoms with Crippen LogP contribution in [0.1, 0.15) is 41.8 Å². The summed E-state index contributed by atoms with van der Waals surface area (Å²) >= 11 is 1.46. The quantitative estimate of drug-likeness (QED) is 0.720. The van der Waals surface area contributed by atoms with Crippen molar-refractivity contribution in [3.63, 3.8) is 0 Å². The van der Waals surface area contributed by atoms with E-state index < -0.39 is 0 Å². The first-order valence-corrected chi connectivity index (χ1v) is 8.94. The van der Waals surface area contributed by atoms with E-state index in [1.54, 1.807) is 5.38 Å². The highest BCUT2D eigenvalue weighted by molar-refractivity contribution is 7.09. The second kappa shape index (κ2) is 9.75. The largest absolute Gasteiger partial charge is 0.492 e. The van der Waals surface area contributed by atoms with Gasteiger partial charge in [-0.15, -0.1) is 23.7 Å². The number of benzene rings is 1. The summed E-state index contributed by atoms with van der Waals surface area (Å²) in [7, 11) is 0. The second-order valence-corrected chi connectivity index (χ2v) is 7.49. The number of aromatic nitrogens is 1. The topological polar surface area (TPSA) is 77.2 Å². The first-order chi connectivity index (χ1) is 11.4. The van der Waals surface area contributed by atoms with Crippen molar-refractivity contribution < 1.29 is 9.53 Å². The fourth-order valence-corrected chi connectivity index (χ4v) is 2.92. The molecule has 3 N–H and O–H groups in total. The van der Waals surface area contributed by atoms with Crippen LogP contribution in [0.2, 0.25) is 0 Å². The van der Waals surface area contributed by atoms with Gasteiger partial charge in [0, 0.05) is 11.8 Å². The lowest BCUT2D eigenvalue weighted by Gasteiger charge is -2.19. The number of hydrogen-bond acceptors (Lipinski definition) is 5. The summed E-state index contributed by atoms with van der Waals surface area (Å²) in [5.41, 5.74) is 7.32. The van der Waals surface area contributed by atoms with E-state index in [1.807, 2.05) is 12.1 Å². The molecule has 2 rings (SSSR count). The van der Waals surface area contributed by atoms with Crippen molar-refractivity contribution in [3.05, 3.63) is 45.9 Å². The average Bonchev–Trinajstić information content (AvgIpc) is 3.00. The van der Waals surface area contributed by atoms with E-state index in [1.165, 1.54) is 16.9 Å². The predicted octanol–water partition coefficient (Wildman–Crippen LogP) is 3.17. The fraction of sp³-hybridized carbons (Fsp3) is 0.444. The van der Waals surface area contributed by atoms with Crippen molar-refractivity contribution >= 4 is 29.7 Å². The zero-order chi connectivity index (χ0) is 17.6. The minimum absolute atomic E-state index is 0. The smallest absolute Gasteiger partial charge is 0.270 e. The monoisotopic (exact) mass is 383 g/mol. The van der Waals surface area contributed by atoms with Crippen LogP contribution in [-0.2, 0) is 11.8 Å². The van der Waals surface area contributed by atoms with Crippen LogP contribution in [-0.4, -0.2) is 30.6 Å². The lowest BCUT2D eigenvalue weighted by Crippen LogP contribution is -2.28. The number of nitrogens with zero attached hydrogens (tertiary/aromatic N) is 1. The lowest BCUT2D eigenvalue weighted by molar-refractivity contribution is 0.0942. The van der Waals surface area contributed by atoms with Gasteiger partial charge in [-0.3, -0.25) is 4.79 Å². The molecule has 0 radical (unpaired) electrons. The first-order valence-electron chi connectivity index (χ1n) is 8.06. The Kier molecular flexibility index (Phi) is 8.35. The summed E-state index contributed by atoms with van der Waals surface area (Å²) in [5.74, 6) is 0.623. The summed E-state index contributed by atoms with van der Waals surface area (Å²) in [6.07, 6.45) is 0.700. The van der Waals surface area contributed by atoms with E-state index >= 15 is 0 Å². The summed E-state index contributed by atoms with van der Waals surface area (Å²) in [5, 5.41) is 5.45. The minimum Gasteiger partial charge on any atom is -0.492 e. The van der Waals surface area contributed by atoms with Crippen LogP contribution in [0.5, 0.6) is 5.75 Å². The molecule has 0 unspecified atom stereocenters. The normalized spacial score (nSPS) is 10.9. The molecule has 1 amide bonds. The van der Waals surface area contributed by atoms with Crippen LogP contribution in [0.4, 0.5) is 0 Å². The third-order valence-electron chi connectivity index (χ3n) is 3.52. The molecule has 0 bridgehead atoms. The van der Waals surface area contributed by atoms with E-state index in [-0.39, 0.29) is 23.7 Å². The van der Waals surface area contributed by atoms with Crippen molar-refractivity contribution in [2.45, 2.75) is 32.6 Å². The Labute approximate surface area is 159 Å². The minimum atomic E-state index is -0.179. The number of halogens is 1.